The van der Waals surface area contributed by atoms with Crippen LogP contribution in [-0.2, 0) is 10.8 Å². The predicted molar refractivity (Wildman–Crippen MR) is 124 cm³/mol. The molecule has 3 rings (SSSR count). The van der Waals surface area contributed by atoms with E-state index < -0.39 is 8.32 Å². The highest BCUT2D eigenvalue weighted by Crippen LogP contribution is 2.38. The highest BCUT2D eigenvalue weighted by Gasteiger charge is 2.40. The average Bonchev–Trinajstić information content (AvgIpc) is 3.34. The number of hydrogen-bond donors (Lipinski definition) is 1. The van der Waals surface area contributed by atoms with Crippen LogP contribution in [0.25, 0.3) is 11.4 Å². The fourth-order valence-corrected chi connectivity index (χ4v) is 5.06. The van der Waals surface area contributed by atoms with Gasteiger partial charge in [0.25, 0.3) is 0 Å². The molecular weight excluding hydrogens is 392 g/mol. The summed E-state index contributed by atoms with van der Waals surface area (Å²) in [5.74, 6) is 1.33. The van der Waals surface area contributed by atoms with E-state index in [1.807, 2.05) is 20.0 Å². The molecule has 2 aromatic rings. The van der Waals surface area contributed by atoms with Gasteiger partial charge in [-0.2, -0.15) is 4.98 Å². The number of nitrogens with one attached hydrogen (secondary N) is 1. The molecule has 0 aliphatic carbocycles. The van der Waals surface area contributed by atoms with Gasteiger partial charge in [0.15, 0.2) is 8.32 Å². The van der Waals surface area contributed by atoms with E-state index in [2.05, 4.69) is 72.4 Å². The Labute approximate surface area is 182 Å². The molecule has 0 radical (unpaired) electrons. The van der Waals surface area contributed by atoms with Crippen LogP contribution >= 0.6 is 0 Å². The molecule has 1 aliphatic rings. The molecule has 0 bridgehead atoms. The fourth-order valence-electron chi connectivity index (χ4n) is 3.68. The van der Waals surface area contributed by atoms with Gasteiger partial charge in [-0.1, -0.05) is 51.1 Å². The minimum absolute atomic E-state index is 0.245. The number of aromatic nitrogens is 2. The molecule has 2 atom stereocenters. The Balaban J connectivity index is 1.64. The number of nitrogens with zero attached hydrogens (tertiary/aromatic N) is 3. The van der Waals surface area contributed by atoms with E-state index in [4.69, 9.17) is 8.95 Å². The zero-order valence-electron chi connectivity index (χ0n) is 19.7. The van der Waals surface area contributed by atoms with E-state index in [9.17, 15) is 0 Å². The second-order valence-electron chi connectivity index (χ2n) is 9.88. The van der Waals surface area contributed by atoms with Crippen molar-refractivity contribution in [2.75, 3.05) is 26.7 Å². The van der Waals surface area contributed by atoms with Gasteiger partial charge in [-0.25, -0.2) is 0 Å². The van der Waals surface area contributed by atoms with Crippen LogP contribution in [0.1, 0.15) is 51.6 Å². The second kappa shape index (κ2) is 9.30. The Hall–Kier alpha value is -1.54. The second-order valence-corrected chi connectivity index (χ2v) is 14.6. The largest absolute Gasteiger partial charge is 0.413 e. The van der Waals surface area contributed by atoms with Gasteiger partial charge in [0.1, 0.15) is 0 Å². The molecular formula is C23H38N4O2Si. The summed E-state index contributed by atoms with van der Waals surface area (Å²) in [5, 5.41) is 7.86. The van der Waals surface area contributed by atoms with Crippen LogP contribution in [0.2, 0.25) is 18.1 Å². The third kappa shape index (κ3) is 5.38. The lowest BCUT2D eigenvalue weighted by Gasteiger charge is -2.38. The lowest BCUT2D eigenvalue weighted by molar-refractivity contribution is 0.177. The normalized spacial score (nSPS) is 19.4. The number of hydrogen-bond acceptors (Lipinski definition) is 6. The molecule has 1 saturated heterocycles. The summed E-state index contributed by atoms with van der Waals surface area (Å²) < 4.78 is 11.9. The SMILES string of the molecule is CCc1nc(-c2cccc([C@@H](CN3CC[C@H](O[Si](C)(C)C(C)(C)C)C3)NC)c2)no1. The van der Waals surface area contributed by atoms with Crippen LogP contribution in [-0.4, -0.2) is 56.1 Å². The summed E-state index contributed by atoms with van der Waals surface area (Å²) in [5.41, 5.74) is 2.24. The van der Waals surface area contributed by atoms with E-state index in [0.717, 1.165) is 38.0 Å². The molecule has 166 valence electrons. The Morgan fingerprint density at radius 2 is 2.10 bits per heavy atom. The number of rotatable bonds is 8. The zero-order chi connectivity index (χ0) is 21.9. The van der Waals surface area contributed by atoms with Crippen molar-refractivity contribution in [1.29, 1.82) is 0 Å². The fraction of sp³-hybridized carbons (Fsp3) is 0.652. The van der Waals surface area contributed by atoms with Crippen molar-refractivity contribution in [3.05, 3.63) is 35.7 Å². The van der Waals surface area contributed by atoms with Gasteiger partial charge >= 0.3 is 0 Å². The van der Waals surface area contributed by atoms with Crippen molar-refractivity contribution < 1.29 is 8.95 Å². The molecule has 1 aromatic heterocycles. The lowest BCUT2D eigenvalue weighted by Crippen LogP contribution is -2.44. The molecule has 7 heteroatoms. The molecule has 0 saturated carbocycles. The molecule has 6 nitrogen and oxygen atoms in total. The predicted octanol–water partition coefficient (Wildman–Crippen LogP) is 4.66. The summed E-state index contributed by atoms with van der Waals surface area (Å²) in [4.78, 5) is 6.99. The molecule has 0 unspecified atom stereocenters. The maximum Gasteiger partial charge on any atom is 0.226 e. The monoisotopic (exact) mass is 430 g/mol. The first-order valence-corrected chi connectivity index (χ1v) is 14.0. The van der Waals surface area contributed by atoms with Crippen molar-refractivity contribution in [2.24, 2.45) is 0 Å². The molecule has 1 aliphatic heterocycles. The maximum atomic E-state index is 6.65. The summed E-state index contributed by atoms with van der Waals surface area (Å²) in [6, 6.07) is 8.70. The first-order chi connectivity index (χ1) is 14.1. The van der Waals surface area contributed by atoms with Crippen LogP contribution in [0.4, 0.5) is 0 Å². The molecule has 1 fully saturated rings. The molecule has 1 N–H and O–H groups in total. The van der Waals surface area contributed by atoms with Crippen LogP contribution < -0.4 is 5.32 Å². The lowest BCUT2D eigenvalue weighted by atomic mass is 10.0. The Bertz CT molecular complexity index is 831. The smallest absolute Gasteiger partial charge is 0.226 e. The summed E-state index contributed by atoms with van der Waals surface area (Å²) >= 11 is 0. The van der Waals surface area contributed by atoms with Crippen molar-refractivity contribution in [1.82, 2.24) is 20.4 Å². The van der Waals surface area contributed by atoms with Crippen LogP contribution in [0.15, 0.2) is 28.8 Å². The molecule has 0 spiro atoms. The van der Waals surface area contributed by atoms with E-state index in [1.54, 1.807) is 0 Å². The third-order valence-corrected chi connectivity index (χ3v) is 11.1. The summed E-state index contributed by atoms with van der Waals surface area (Å²) in [7, 11) is 0.305. The molecule has 2 heterocycles. The van der Waals surface area contributed by atoms with Crippen molar-refractivity contribution in [3.63, 3.8) is 0 Å². The van der Waals surface area contributed by atoms with Gasteiger partial charge in [0, 0.05) is 37.7 Å². The molecule has 0 amide bonds. The van der Waals surface area contributed by atoms with E-state index in [1.165, 1.54) is 5.56 Å². The number of aryl methyl sites for hydroxylation is 1. The maximum absolute atomic E-state index is 6.65. The minimum Gasteiger partial charge on any atom is -0.413 e. The van der Waals surface area contributed by atoms with E-state index in [-0.39, 0.29) is 11.1 Å². The van der Waals surface area contributed by atoms with E-state index in [0.29, 0.717) is 17.8 Å². The number of likely N-dealkylation sites (N-methyl/N-ethyl adjacent to an activating group) is 1. The quantitative estimate of drug-likeness (QED) is 0.615. The summed E-state index contributed by atoms with van der Waals surface area (Å²) in [6.07, 6.45) is 2.21. The summed E-state index contributed by atoms with van der Waals surface area (Å²) in [6.45, 7) is 16.7. The first kappa shape index (κ1) is 23.1. The van der Waals surface area contributed by atoms with Gasteiger partial charge in [0.2, 0.25) is 11.7 Å². The zero-order valence-corrected chi connectivity index (χ0v) is 20.7. The van der Waals surface area contributed by atoms with Gasteiger partial charge in [-0.15, -0.1) is 0 Å². The topological polar surface area (TPSA) is 63.4 Å². The van der Waals surface area contributed by atoms with Crippen LogP contribution in [0.5, 0.6) is 0 Å². The van der Waals surface area contributed by atoms with Crippen LogP contribution in [0, 0.1) is 0 Å². The van der Waals surface area contributed by atoms with Gasteiger partial charge in [-0.05, 0) is 43.2 Å². The average molecular weight is 431 g/mol. The van der Waals surface area contributed by atoms with Crippen molar-refractivity contribution in [2.45, 2.75) is 70.8 Å². The van der Waals surface area contributed by atoms with Crippen LogP contribution in [0.3, 0.4) is 0 Å². The molecule has 1 aromatic carbocycles. The van der Waals surface area contributed by atoms with Gasteiger partial charge < -0.3 is 14.3 Å². The van der Waals surface area contributed by atoms with Crippen molar-refractivity contribution >= 4 is 8.32 Å². The van der Waals surface area contributed by atoms with E-state index >= 15 is 0 Å². The van der Waals surface area contributed by atoms with Gasteiger partial charge in [-0.3, -0.25) is 4.90 Å². The number of benzene rings is 1. The highest BCUT2D eigenvalue weighted by molar-refractivity contribution is 6.74. The van der Waals surface area contributed by atoms with Crippen molar-refractivity contribution in [3.8, 4) is 11.4 Å². The Kier molecular flexibility index (Phi) is 7.17. The number of likely N-dealkylation sites (tertiary alicyclic amines) is 1. The third-order valence-electron chi connectivity index (χ3n) is 6.60. The Morgan fingerprint density at radius 1 is 1.33 bits per heavy atom. The minimum atomic E-state index is -1.72. The molecule has 30 heavy (non-hydrogen) atoms. The highest BCUT2D eigenvalue weighted by atomic mass is 28.4. The standard InChI is InChI=1S/C23H38N4O2Si/c1-8-21-25-22(26-28-21)18-11-9-10-17(14-18)20(24-5)16-27-13-12-19(15-27)29-30(6,7)23(2,3)4/h9-11,14,19-20,24H,8,12-13,15-16H2,1-7H3/t19-,20+/m0/s1. The first-order valence-electron chi connectivity index (χ1n) is 11.1. The Morgan fingerprint density at radius 3 is 2.73 bits per heavy atom. The van der Waals surface area contributed by atoms with Gasteiger partial charge in [0.05, 0.1) is 6.10 Å².